The largest absolute Gasteiger partial charge is 0.311 e. The monoisotopic (exact) mass is 256 g/mol. The van der Waals surface area contributed by atoms with E-state index in [4.69, 9.17) is 0 Å². The molecule has 4 rings (SSSR count). The van der Waals surface area contributed by atoms with Gasteiger partial charge in [0, 0.05) is 42.1 Å². The van der Waals surface area contributed by atoms with Gasteiger partial charge in [-0.05, 0) is 25.0 Å². The highest BCUT2D eigenvalue weighted by Crippen LogP contribution is 2.43. The maximum absolute atomic E-state index is 15.3. The number of nitrogens with zero attached hydrogens (tertiary/aromatic N) is 1. The summed E-state index contributed by atoms with van der Waals surface area (Å²) in [6.07, 6.45) is 5.12. The second kappa shape index (κ2) is 4.01. The Morgan fingerprint density at radius 1 is 1.16 bits per heavy atom. The van der Waals surface area contributed by atoms with Crippen molar-refractivity contribution >= 4 is 10.9 Å². The minimum absolute atomic E-state index is 0.343. The summed E-state index contributed by atoms with van der Waals surface area (Å²) >= 11 is 0. The minimum Gasteiger partial charge on any atom is -0.311 e. The minimum atomic E-state index is -1.20. The number of aromatic nitrogens is 1. The first-order chi connectivity index (χ1) is 9.23. The maximum Gasteiger partial charge on any atom is 0.140 e. The number of hydrogen-bond donors (Lipinski definition) is 1. The lowest BCUT2D eigenvalue weighted by Gasteiger charge is -2.35. The Morgan fingerprint density at radius 2 is 1.89 bits per heavy atom. The molecule has 2 saturated heterocycles. The second-order valence-corrected chi connectivity index (χ2v) is 5.93. The summed E-state index contributed by atoms with van der Waals surface area (Å²) in [7, 11) is 0. The van der Waals surface area contributed by atoms with Gasteiger partial charge in [0.15, 0.2) is 0 Å². The molecule has 0 amide bonds. The van der Waals surface area contributed by atoms with E-state index in [2.05, 4.69) is 10.3 Å². The first-order valence-corrected chi connectivity index (χ1v) is 7.03. The van der Waals surface area contributed by atoms with Gasteiger partial charge in [0.05, 0.1) is 5.52 Å². The number of alkyl halides is 1. The summed E-state index contributed by atoms with van der Waals surface area (Å²) in [6.45, 7) is 0. The summed E-state index contributed by atoms with van der Waals surface area (Å²) in [6, 6.07) is 10.6. The van der Waals surface area contributed by atoms with E-state index in [1.807, 2.05) is 30.3 Å². The van der Waals surface area contributed by atoms with E-state index in [1.165, 1.54) is 0 Å². The predicted molar refractivity (Wildman–Crippen MR) is 73.7 cm³/mol. The van der Waals surface area contributed by atoms with Gasteiger partial charge >= 0.3 is 0 Å². The number of fused-ring (bicyclic) bond motifs is 3. The molecule has 98 valence electrons. The fourth-order valence-electron chi connectivity index (χ4n) is 3.64. The van der Waals surface area contributed by atoms with Crippen LogP contribution in [0.25, 0.3) is 10.9 Å². The second-order valence-electron chi connectivity index (χ2n) is 5.93. The van der Waals surface area contributed by atoms with Crippen LogP contribution in [0.2, 0.25) is 0 Å². The SMILES string of the molecule is FC1(c2cnc3ccccc3c2)CC2CCC(C1)N2. The highest BCUT2D eigenvalue weighted by atomic mass is 19.1. The summed E-state index contributed by atoms with van der Waals surface area (Å²) in [5.74, 6) is 0. The Hall–Kier alpha value is -1.48. The molecule has 0 spiro atoms. The van der Waals surface area contributed by atoms with Gasteiger partial charge in [-0.1, -0.05) is 18.2 Å². The van der Waals surface area contributed by atoms with E-state index >= 15 is 4.39 Å². The number of rotatable bonds is 1. The van der Waals surface area contributed by atoms with Crippen molar-refractivity contribution in [1.82, 2.24) is 10.3 Å². The van der Waals surface area contributed by atoms with Crippen LogP contribution < -0.4 is 5.32 Å². The van der Waals surface area contributed by atoms with Crippen LogP contribution in [0.3, 0.4) is 0 Å². The third-order valence-corrected chi connectivity index (χ3v) is 4.58. The van der Waals surface area contributed by atoms with Gasteiger partial charge in [0.25, 0.3) is 0 Å². The Labute approximate surface area is 112 Å². The molecule has 3 heterocycles. The van der Waals surface area contributed by atoms with Crippen LogP contribution in [0.5, 0.6) is 0 Å². The quantitative estimate of drug-likeness (QED) is 0.846. The molecular formula is C16H17FN2. The lowest BCUT2D eigenvalue weighted by atomic mass is 9.83. The molecule has 1 aromatic heterocycles. The van der Waals surface area contributed by atoms with Crippen LogP contribution in [-0.4, -0.2) is 17.1 Å². The van der Waals surface area contributed by atoms with Gasteiger partial charge < -0.3 is 5.32 Å². The van der Waals surface area contributed by atoms with Crippen molar-refractivity contribution in [3.05, 3.63) is 42.1 Å². The lowest BCUT2D eigenvalue weighted by Crippen LogP contribution is -2.44. The molecular weight excluding hydrogens is 239 g/mol. The third kappa shape index (κ3) is 1.84. The van der Waals surface area contributed by atoms with Crippen molar-refractivity contribution in [3.63, 3.8) is 0 Å². The molecule has 1 aromatic carbocycles. The first-order valence-electron chi connectivity index (χ1n) is 7.03. The molecule has 3 heteroatoms. The Bertz CT molecular complexity index is 613. The highest BCUT2D eigenvalue weighted by molar-refractivity contribution is 5.78. The topological polar surface area (TPSA) is 24.9 Å². The summed E-state index contributed by atoms with van der Waals surface area (Å²) in [5.41, 5.74) is 0.491. The Morgan fingerprint density at radius 3 is 2.68 bits per heavy atom. The summed E-state index contributed by atoms with van der Waals surface area (Å²) in [5, 5.41) is 4.52. The van der Waals surface area contributed by atoms with Crippen molar-refractivity contribution in [2.24, 2.45) is 0 Å². The highest BCUT2D eigenvalue weighted by Gasteiger charge is 2.45. The van der Waals surface area contributed by atoms with Gasteiger partial charge in [-0.15, -0.1) is 0 Å². The van der Waals surface area contributed by atoms with Crippen LogP contribution in [0.4, 0.5) is 4.39 Å². The number of halogens is 1. The van der Waals surface area contributed by atoms with Gasteiger partial charge in [-0.25, -0.2) is 4.39 Å². The first kappa shape index (κ1) is 11.4. The standard InChI is InChI=1S/C16H17FN2/c17-16(8-13-5-6-14(9-16)19-13)12-7-11-3-1-2-4-15(11)18-10-12/h1-4,7,10,13-14,19H,5-6,8-9H2. The van der Waals surface area contributed by atoms with Crippen molar-refractivity contribution in [2.45, 2.75) is 43.4 Å². The van der Waals surface area contributed by atoms with Gasteiger partial charge in [0.1, 0.15) is 5.67 Å². The smallest absolute Gasteiger partial charge is 0.140 e. The van der Waals surface area contributed by atoms with Crippen molar-refractivity contribution in [1.29, 1.82) is 0 Å². The predicted octanol–water partition coefficient (Wildman–Crippen LogP) is 3.31. The zero-order chi connectivity index (χ0) is 12.9. The number of nitrogens with one attached hydrogen (secondary N) is 1. The molecule has 2 unspecified atom stereocenters. The van der Waals surface area contributed by atoms with Crippen LogP contribution in [-0.2, 0) is 5.67 Å². The molecule has 2 nitrogen and oxygen atoms in total. The number of pyridine rings is 1. The summed E-state index contributed by atoms with van der Waals surface area (Å²) in [4.78, 5) is 4.41. The van der Waals surface area contributed by atoms with E-state index in [-0.39, 0.29) is 0 Å². The van der Waals surface area contributed by atoms with E-state index in [9.17, 15) is 0 Å². The normalized spacial score (nSPS) is 33.7. The zero-order valence-corrected chi connectivity index (χ0v) is 10.8. The van der Waals surface area contributed by atoms with Crippen LogP contribution >= 0.6 is 0 Å². The average molecular weight is 256 g/mol. The number of para-hydroxylation sites is 1. The average Bonchev–Trinajstić information content (AvgIpc) is 2.78. The number of benzene rings is 1. The number of hydrogen-bond acceptors (Lipinski definition) is 2. The van der Waals surface area contributed by atoms with Crippen molar-refractivity contribution in [2.75, 3.05) is 0 Å². The molecule has 1 N–H and O–H groups in total. The van der Waals surface area contributed by atoms with Gasteiger partial charge in [0.2, 0.25) is 0 Å². The van der Waals surface area contributed by atoms with Crippen molar-refractivity contribution in [3.8, 4) is 0 Å². The lowest BCUT2D eigenvalue weighted by molar-refractivity contribution is 0.0872. The van der Waals surface area contributed by atoms with E-state index in [1.54, 1.807) is 6.20 Å². The van der Waals surface area contributed by atoms with Crippen LogP contribution in [0, 0.1) is 0 Å². The molecule has 0 radical (unpaired) electrons. The molecule has 19 heavy (non-hydrogen) atoms. The van der Waals surface area contributed by atoms with E-state index < -0.39 is 5.67 Å². The molecule has 2 fully saturated rings. The van der Waals surface area contributed by atoms with Crippen LogP contribution in [0.15, 0.2) is 36.5 Å². The van der Waals surface area contributed by atoms with E-state index in [0.29, 0.717) is 24.9 Å². The Balaban J connectivity index is 1.76. The van der Waals surface area contributed by atoms with E-state index in [0.717, 1.165) is 29.3 Å². The fourth-order valence-corrected chi connectivity index (χ4v) is 3.64. The zero-order valence-electron chi connectivity index (χ0n) is 10.8. The van der Waals surface area contributed by atoms with Gasteiger partial charge in [-0.2, -0.15) is 0 Å². The fraction of sp³-hybridized carbons (Fsp3) is 0.438. The molecule has 2 atom stereocenters. The maximum atomic E-state index is 15.3. The third-order valence-electron chi connectivity index (χ3n) is 4.58. The van der Waals surface area contributed by atoms with Gasteiger partial charge in [-0.3, -0.25) is 4.98 Å². The molecule has 2 aromatic rings. The molecule has 2 bridgehead atoms. The number of piperidine rings is 1. The van der Waals surface area contributed by atoms with Crippen molar-refractivity contribution < 1.29 is 4.39 Å². The molecule has 0 aliphatic carbocycles. The summed E-state index contributed by atoms with van der Waals surface area (Å²) < 4.78 is 15.3. The van der Waals surface area contributed by atoms with Crippen LogP contribution in [0.1, 0.15) is 31.2 Å². The Kier molecular flexibility index (Phi) is 2.39. The molecule has 2 aliphatic heterocycles. The molecule has 2 aliphatic rings. The molecule has 0 saturated carbocycles.